The highest BCUT2D eigenvalue weighted by Crippen LogP contribution is 2.00. The fraction of sp³-hybridized carbons (Fsp3) is 0.500. The summed E-state index contributed by atoms with van der Waals surface area (Å²) in [5, 5.41) is 11.5. The lowest BCUT2D eigenvalue weighted by atomic mass is 10.2. The quantitative estimate of drug-likeness (QED) is 0.787. The highest BCUT2D eigenvalue weighted by Gasteiger charge is 2.10. The number of aromatic nitrogens is 1. The van der Waals surface area contributed by atoms with Crippen LogP contribution in [0, 0.1) is 11.3 Å². The van der Waals surface area contributed by atoms with Gasteiger partial charge in [0.15, 0.2) is 0 Å². The Morgan fingerprint density at radius 1 is 1.45 bits per heavy atom. The summed E-state index contributed by atoms with van der Waals surface area (Å²) in [5.41, 5.74) is 0.796. The van der Waals surface area contributed by atoms with Gasteiger partial charge in [-0.25, -0.2) is 4.98 Å². The number of amides is 1. The number of hydrogen-bond donors (Lipinski definition) is 1. The molecule has 2 rings (SSSR count). The van der Waals surface area contributed by atoms with Crippen molar-refractivity contribution in [1.82, 2.24) is 15.2 Å². The van der Waals surface area contributed by atoms with E-state index in [1.54, 1.807) is 12.1 Å². The monoisotopic (exact) mass is 274 g/mol. The average Bonchev–Trinajstić information content (AvgIpc) is 2.52. The van der Waals surface area contributed by atoms with Gasteiger partial charge in [-0.05, 0) is 25.1 Å². The predicted octanol–water partition coefficient (Wildman–Crippen LogP) is 0.405. The smallest absolute Gasteiger partial charge is 0.252 e. The van der Waals surface area contributed by atoms with Gasteiger partial charge in [-0.2, -0.15) is 5.26 Å². The molecule has 1 amide bonds. The Labute approximate surface area is 118 Å². The molecule has 1 fully saturated rings. The van der Waals surface area contributed by atoms with Crippen LogP contribution in [-0.4, -0.2) is 55.2 Å². The number of carbonyl (C=O) groups is 1. The van der Waals surface area contributed by atoms with Crippen molar-refractivity contribution in [3.8, 4) is 6.07 Å². The first-order valence-electron chi connectivity index (χ1n) is 6.74. The van der Waals surface area contributed by atoms with Crippen molar-refractivity contribution < 1.29 is 9.53 Å². The lowest BCUT2D eigenvalue weighted by molar-refractivity contribution is 0.0374. The van der Waals surface area contributed by atoms with Crippen LogP contribution in [0.2, 0.25) is 0 Å². The van der Waals surface area contributed by atoms with Crippen molar-refractivity contribution in [2.45, 2.75) is 6.42 Å². The molecule has 6 heteroatoms. The minimum atomic E-state index is -0.149. The van der Waals surface area contributed by atoms with Gasteiger partial charge in [0.05, 0.1) is 18.8 Å². The molecule has 6 nitrogen and oxygen atoms in total. The second-order valence-electron chi connectivity index (χ2n) is 4.61. The minimum absolute atomic E-state index is 0.149. The van der Waals surface area contributed by atoms with E-state index in [9.17, 15) is 4.79 Å². The SMILES string of the molecule is N#Cc1ccc(C(=O)NCCCN2CCOCC2)cn1. The fourth-order valence-corrected chi connectivity index (χ4v) is 2.03. The van der Waals surface area contributed by atoms with E-state index < -0.39 is 0 Å². The van der Waals surface area contributed by atoms with Crippen LogP contribution >= 0.6 is 0 Å². The summed E-state index contributed by atoms with van der Waals surface area (Å²) in [6.45, 7) is 5.12. The number of nitriles is 1. The zero-order chi connectivity index (χ0) is 14.2. The van der Waals surface area contributed by atoms with Crippen LogP contribution in [0.4, 0.5) is 0 Å². The standard InChI is InChI=1S/C14H18N4O2/c15-10-13-3-2-12(11-17-13)14(19)16-4-1-5-18-6-8-20-9-7-18/h2-3,11H,1,4-9H2,(H,16,19). The van der Waals surface area contributed by atoms with E-state index in [0.29, 0.717) is 17.8 Å². The Hall–Kier alpha value is -1.97. The van der Waals surface area contributed by atoms with Crippen LogP contribution in [-0.2, 0) is 4.74 Å². The number of ether oxygens (including phenoxy) is 1. The second kappa shape index (κ2) is 7.58. The van der Waals surface area contributed by atoms with Crippen molar-refractivity contribution in [3.63, 3.8) is 0 Å². The molecule has 1 N–H and O–H groups in total. The van der Waals surface area contributed by atoms with E-state index in [2.05, 4.69) is 15.2 Å². The van der Waals surface area contributed by atoms with Crippen molar-refractivity contribution in [2.24, 2.45) is 0 Å². The topological polar surface area (TPSA) is 78.2 Å². The fourth-order valence-electron chi connectivity index (χ4n) is 2.03. The number of rotatable bonds is 5. The average molecular weight is 274 g/mol. The van der Waals surface area contributed by atoms with Crippen LogP contribution in [0.5, 0.6) is 0 Å². The van der Waals surface area contributed by atoms with Gasteiger partial charge < -0.3 is 10.1 Å². The molecule has 2 heterocycles. The van der Waals surface area contributed by atoms with Gasteiger partial charge in [-0.1, -0.05) is 0 Å². The van der Waals surface area contributed by atoms with E-state index in [0.717, 1.165) is 39.3 Å². The van der Waals surface area contributed by atoms with Crippen LogP contribution in [0.25, 0.3) is 0 Å². The zero-order valence-corrected chi connectivity index (χ0v) is 11.3. The van der Waals surface area contributed by atoms with Gasteiger partial charge in [0.25, 0.3) is 5.91 Å². The van der Waals surface area contributed by atoms with Gasteiger partial charge in [0.1, 0.15) is 11.8 Å². The lowest BCUT2D eigenvalue weighted by Crippen LogP contribution is -2.38. The lowest BCUT2D eigenvalue weighted by Gasteiger charge is -2.26. The molecule has 0 unspecified atom stereocenters. The summed E-state index contributed by atoms with van der Waals surface area (Å²) in [5.74, 6) is -0.149. The maximum atomic E-state index is 11.8. The van der Waals surface area contributed by atoms with Crippen LogP contribution < -0.4 is 5.32 Å². The Morgan fingerprint density at radius 2 is 2.25 bits per heavy atom. The van der Waals surface area contributed by atoms with Gasteiger partial charge in [0, 0.05) is 25.8 Å². The van der Waals surface area contributed by atoms with Crippen LogP contribution in [0.1, 0.15) is 22.5 Å². The molecule has 0 atom stereocenters. The number of morpholine rings is 1. The molecule has 0 aromatic carbocycles. The Balaban J connectivity index is 1.67. The molecular weight excluding hydrogens is 256 g/mol. The molecule has 1 aliphatic heterocycles. The normalized spacial score (nSPS) is 15.6. The number of hydrogen-bond acceptors (Lipinski definition) is 5. The van der Waals surface area contributed by atoms with E-state index >= 15 is 0 Å². The minimum Gasteiger partial charge on any atom is -0.379 e. The largest absolute Gasteiger partial charge is 0.379 e. The van der Waals surface area contributed by atoms with E-state index in [4.69, 9.17) is 10.00 Å². The maximum Gasteiger partial charge on any atom is 0.252 e. The maximum absolute atomic E-state index is 11.8. The molecule has 0 spiro atoms. The molecule has 0 radical (unpaired) electrons. The summed E-state index contributed by atoms with van der Waals surface area (Å²) < 4.78 is 5.28. The van der Waals surface area contributed by atoms with E-state index in [-0.39, 0.29) is 5.91 Å². The molecule has 1 aromatic heterocycles. The highest BCUT2D eigenvalue weighted by molar-refractivity contribution is 5.93. The summed E-state index contributed by atoms with van der Waals surface area (Å²) in [6.07, 6.45) is 2.34. The van der Waals surface area contributed by atoms with Gasteiger partial charge in [0.2, 0.25) is 0 Å². The molecular formula is C14H18N4O2. The highest BCUT2D eigenvalue weighted by atomic mass is 16.5. The number of carbonyl (C=O) groups excluding carboxylic acids is 1. The Bertz CT molecular complexity index is 475. The Kier molecular flexibility index (Phi) is 5.47. The second-order valence-corrected chi connectivity index (χ2v) is 4.61. The predicted molar refractivity (Wildman–Crippen MR) is 73.2 cm³/mol. The zero-order valence-electron chi connectivity index (χ0n) is 11.3. The first-order valence-corrected chi connectivity index (χ1v) is 6.74. The molecule has 20 heavy (non-hydrogen) atoms. The first-order chi connectivity index (χ1) is 9.79. The van der Waals surface area contributed by atoms with E-state index in [1.807, 2.05) is 6.07 Å². The molecule has 0 bridgehead atoms. The summed E-state index contributed by atoms with van der Waals surface area (Å²) >= 11 is 0. The third kappa shape index (κ3) is 4.30. The third-order valence-electron chi connectivity index (χ3n) is 3.18. The molecule has 1 aliphatic rings. The van der Waals surface area contributed by atoms with E-state index in [1.165, 1.54) is 6.20 Å². The molecule has 0 aliphatic carbocycles. The number of pyridine rings is 1. The summed E-state index contributed by atoms with van der Waals surface area (Å²) in [4.78, 5) is 18.0. The van der Waals surface area contributed by atoms with Crippen LogP contribution in [0.15, 0.2) is 18.3 Å². The van der Waals surface area contributed by atoms with Gasteiger partial charge in [-0.15, -0.1) is 0 Å². The van der Waals surface area contributed by atoms with Crippen molar-refractivity contribution in [2.75, 3.05) is 39.4 Å². The molecule has 0 saturated carbocycles. The van der Waals surface area contributed by atoms with Crippen molar-refractivity contribution in [1.29, 1.82) is 5.26 Å². The summed E-state index contributed by atoms with van der Waals surface area (Å²) in [6, 6.07) is 5.08. The number of nitrogens with zero attached hydrogens (tertiary/aromatic N) is 3. The Morgan fingerprint density at radius 3 is 2.90 bits per heavy atom. The first kappa shape index (κ1) is 14.4. The molecule has 1 saturated heterocycles. The molecule has 1 aromatic rings. The third-order valence-corrected chi connectivity index (χ3v) is 3.18. The summed E-state index contributed by atoms with van der Waals surface area (Å²) in [7, 11) is 0. The number of nitrogens with one attached hydrogen (secondary N) is 1. The van der Waals surface area contributed by atoms with Crippen LogP contribution in [0.3, 0.4) is 0 Å². The van der Waals surface area contributed by atoms with Gasteiger partial charge in [-0.3, -0.25) is 9.69 Å². The van der Waals surface area contributed by atoms with Crippen molar-refractivity contribution in [3.05, 3.63) is 29.6 Å². The van der Waals surface area contributed by atoms with Gasteiger partial charge >= 0.3 is 0 Å². The van der Waals surface area contributed by atoms with Crippen molar-refractivity contribution >= 4 is 5.91 Å². The molecule has 106 valence electrons.